The van der Waals surface area contributed by atoms with Crippen molar-refractivity contribution in [2.45, 2.75) is 19.4 Å². The predicted molar refractivity (Wildman–Crippen MR) is 89.2 cm³/mol. The van der Waals surface area contributed by atoms with Gasteiger partial charge in [0, 0.05) is 7.05 Å². The van der Waals surface area contributed by atoms with Crippen LogP contribution in [-0.4, -0.2) is 33.1 Å². The molecule has 9 nitrogen and oxygen atoms in total. The van der Waals surface area contributed by atoms with Gasteiger partial charge in [-0.15, -0.1) is 0 Å². The van der Waals surface area contributed by atoms with Crippen LogP contribution in [0.15, 0.2) is 24.3 Å². The molecule has 130 valence electrons. The Morgan fingerprint density at radius 3 is 2.72 bits per heavy atom. The highest BCUT2D eigenvalue weighted by Crippen LogP contribution is 2.34. The van der Waals surface area contributed by atoms with Gasteiger partial charge in [-0.3, -0.25) is 19.1 Å². The van der Waals surface area contributed by atoms with Crippen LogP contribution in [0, 0.1) is 6.92 Å². The number of rotatable bonds is 3. The molecule has 3 rings (SSSR count). The number of anilines is 2. The first-order valence-electron chi connectivity index (χ1n) is 7.48. The molecule has 1 atom stereocenters. The van der Waals surface area contributed by atoms with E-state index in [1.807, 2.05) is 0 Å². The number of nitrogens with one attached hydrogen (secondary N) is 2. The smallest absolute Gasteiger partial charge is 0.278 e. The van der Waals surface area contributed by atoms with Crippen molar-refractivity contribution in [2.75, 3.05) is 10.6 Å². The van der Waals surface area contributed by atoms with Crippen LogP contribution in [0.25, 0.3) is 0 Å². The van der Waals surface area contributed by atoms with Gasteiger partial charge in [0.1, 0.15) is 11.4 Å². The lowest BCUT2D eigenvalue weighted by molar-refractivity contribution is -0.143. The number of benzene rings is 1. The fourth-order valence-corrected chi connectivity index (χ4v) is 2.64. The summed E-state index contributed by atoms with van der Waals surface area (Å²) in [5, 5.41) is 9.25. The van der Waals surface area contributed by atoms with Crippen LogP contribution in [0.1, 0.15) is 23.1 Å². The lowest BCUT2D eigenvalue weighted by Crippen LogP contribution is -2.56. The van der Waals surface area contributed by atoms with E-state index in [9.17, 15) is 14.4 Å². The van der Waals surface area contributed by atoms with Gasteiger partial charge in [0.25, 0.3) is 23.3 Å². The molecule has 1 aromatic carbocycles. The molecule has 0 spiro atoms. The molecule has 1 aromatic heterocycles. The zero-order valence-electron chi connectivity index (χ0n) is 13.9. The highest BCUT2D eigenvalue weighted by molar-refractivity contribution is 6.19. The minimum absolute atomic E-state index is 0.0334. The Balaban J connectivity index is 1.94. The Morgan fingerprint density at radius 2 is 2.04 bits per heavy atom. The molecule has 0 bridgehead atoms. The SMILES string of the molecule is Cc1nn(C)c(C(N)=O)c1NC(=O)[C@@]1(C)Oc2ccccc2NC1=O. The first kappa shape index (κ1) is 16.5. The number of aromatic nitrogens is 2. The Kier molecular flexibility index (Phi) is 3.71. The molecule has 0 unspecified atom stereocenters. The molecule has 9 heteroatoms. The van der Waals surface area contributed by atoms with Crippen molar-refractivity contribution in [2.24, 2.45) is 12.8 Å². The van der Waals surface area contributed by atoms with Crippen LogP contribution in [-0.2, 0) is 16.6 Å². The molecule has 0 saturated carbocycles. The Morgan fingerprint density at radius 1 is 1.36 bits per heavy atom. The minimum atomic E-state index is -1.81. The van der Waals surface area contributed by atoms with Crippen LogP contribution in [0.3, 0.4) is 0 Å². The number of primary amides is 1. The van der Waals surface area contributed by atoms with Crippen molar-refractivity contribution < 1.29 is 19.1 Å². The first-order chi connectivity index (χ1) is 11.7. The topological polar surface area (TPSA) is 128 Å². The standard InChI is InChI=1S/C16H17N5O4/c1-8-11(12(13(17)22)21(3)20-8)19-15(24)16(2)14(23)18-9-6-4-5-7-10(9)25-16/h4-7H,1-3H3,(H2,17,22)(H,18,23)(H,19,24)/t16-/m0/s1. The Hall–Kier alpha value is -3.36. The van der Waals surface area contributed by atoms with Gasteiger partial charge in [0.15, 0.2) is 0 Å². The molecule has 0 fully saturated rings. The van der Waals surface area contributed by atoms with Crippen molar-refractivity contribution in [3.05, 3.63) is 35.7 Å². The van der Waals surface area contributed by atoms with Gasteiger partial charge in [-0.25, -0.2) is 0 Å². The number of carbonyl (C=O) groups excluding carboxylic acids is 3. The van der Waals surface area contributed by atoms with Gasteiger partial charge < -0.3 is 21.1 Å². The van der Waals surface area contributed by atoms with Crippen molar-refractivity contribution in [3.8, 4) is 5.75 Å². The van der Waals surface area contributed by atoms with Crippen LogP contribution in [0.4, 0.5) is 11.4 Å². The summed E-state index contributed by atoms with van der Waals surface area (Å²) >= 11 is 0. The third kappa shape index (κ3) is 2.59. The van der Waals surface area contributed by atoms with Gasteiger partial charge in [-0.05, 0) is 26.0 Å². The number of hydrogen-bond acceptors (Lipinski definition) is 5. The molecule has 3 amide bonds. The summed E-state index contributed by atoms with van der Waals surface area (Å²) in [4.78, 5) is 36.8. The third-order valence-electron chi connectivity index (χ3n) is 4.01. The number of carbonyl (C=O) groups is 3. The maximum absolute atomic E-state index is 12.8. The average molecular weight is 343 g/mol. The van der Waals surface area contributed by atoms with Crippen molar-refractivity contribution in [3.63, 3.8) is 0 Å². The summed E-state index contributed by atoms with van der Waals surface area (Å²) in [5.74, 6) is -1.73. The van der Waals surface area contributed by atoms with E-state index in [-0.39, 0.29) is 11.4 Å². The first-order valence-corrected chi connectivity index (χ1v) is 7.48. The van der Waals surface area contributed by atoms with E-state index in [0.29, 0.717) is 17.1 Å². The minimum Gasteiger partial charge on any atom is -0.466 e. The van der Waals surface area contributed by atoms with Gasteiger partial charge in [0.2, 0.25) is 0 Å². The molecule has 1 aliphatic heterocycles. The number of hydrogen-bond donors (Lipinski definition) is 3. The number of fused-ring (bicyclic) bond motifs is 1. The lowest BCUT2D eigenvalue weighted by Gasteiger charge is -2.33. The molecule has 1 aliphatic rings. The third-order valence-corrected chi connectivity index (χ3v) is 4.01. The summed E-state index contributed by atoms with van der Waals surface area (Å²) in [5.41, 5.74) is 4.59. The average Bonchev–Trinajstić information content (AvgIpc) is 2.82. The lowest BCUT2D eigenvalue weighted by atomic mass is 10.0. The van der Waals surface area contributed by atoms with Crippen LogP contribution in [0.5, 0.6) is 5.75 Å². The predicted octanol–water partition coefficient (Wildman–Crippen LogP) is 0.556. The summed E-state index contributed by atoms with van der Waals surface area (Å²) in [6.07, 6.45) is 0. The molecule has 2 aromatic rings. The molecule has 0 radical (unpaired) electrons. The van der Waals surface area contributed by atoms with E-state index in [2.05, 4.69) is 15.7 Å². The highest BCUT2D eigenvalue weighted by atomic mass is 16.5. The monoisotopic (exact) mass is 343 g/mol. The zero-order chi connectivity index (χ0) is 18.4. The number of para-hydroxylation sites is 2. The number of aryl methyl sites for hydroxylation is 2. The van der Waals surface area contributed by atoms with Crippen molar-refractivity contribution in [1.82, 2.24) is 9.78 Å². The molecule has 4 N–H and O–H groups in total. The number of nitrogens with zero attached hydrogens (tertiary/aromatic N) is 2. The summed E-state index contributed by atoms with van der Waals surface area (Å²) in [7, 11) is 1.53. The number of amides is 3. The maximum Gasteiger partial charge on any atom is 0.278 e. The van der Waals surface area contributed by atoms with E-state index in [4.69, 9.17) is 10.5 Å². The molecular weight excluding hydrogens is 326 g/mol. The second-order valence-electron chi connectivity index (χ2n) is 5.84. The van der Waals surface area contributed by atoms with Gasteiger partial charge in [-0.1, -0.05) is 12.1 Å². The quantitative estimate of drug-likeness (QED) is 0.701. The van der Waals surface area contributed by atoms with Crippen molar-refractivity contribution >= 4 is 29.1 Å². The normalized spacial score (nSPS) is 18.8. The van der Waals surface area contributed by atoms with E-state index in [1.165, 1.54) is 18.7 Å². The Labute approximate surface area is 143 Å². The van der Waals surface area contributed by atoms with Gasteiger partial charge >= 0.3 is 0 Å². The van der Waals surface area contributed by atoms with E-state index < -0.39 is 23.3 Å². The highest BCUT2D eigenvalue weighted by Gasteiger charge is 2.47. The zero-order valence-corrected chi connectivity index (χ0v) is 13.9. The van der Waals surface area contributed by atoms with Gasteiger partial charge in [0.05, 0.1) is 17.1 Å². The molecule has 0 saturated heterocycles. The van der Waals surface area contributed by atoms with Crippen molar-refractivity contribution in [1.29, 1.82) is 0 Å². The second-order valence-corrected chi connectivity index (χ2v) is 5.84. The molecular formula is C16H17N5O4. The van der Waals surface area contributed by atoms with Gasteiger partial charge in [-0.2, -0.15) is 5.10 Å². The van der Waals surface area contributed by atoms with Crippen LogP contribution < -0.4 is 21.1 Å². The number of ether oxygens (including phenoxy) is 1. The van der Waals surface area contributed by atoms with E-state index in [0.717, 1.165) is 0 Å². The molecule has 2 heterocycles. The fraction of sp³-hybridized carbons (Fsp3) is 0.250. The fourth-order valence-electron chi connectivity index (χ4n) is 2.64. The largest absolute Gasteiger partial charge is 0.466 e. The molecule has 0 aliphatic carbocycles. The van der Waals surface area contributed by atoms with Crippen LogP contribution >= 0.6 is 0 Å². The molecule has 25 heavy (non-hydrogen) atoms. The second kappa shape index (κ2) is 5.62. The Bertz CT molecular complexity index is 904. The van der Waals surface area contributed by atoms with Crippen LogP contribution in [0.2, 0.25) is 0 Å². The summed E-state index contributed by atoms with van der Waals surface area (Å²) in [6, 6.07) is 6.78. The summed E-state index contributed by atoms with van der Waals surface area (Å²) < 4.78 is 6.92. The van der Waals surface area contributed by atoms with E-state index in [1.54, 1.807) is 31.2 Å². The number of nitrogens with two attached hydrogens (primary N) is 1. The maximum atomic E-state index is 12.8. The summed E-state index contributed by atoms with van der Waals surface area (Å²) in [6.45, 7) is 2.96. The van der Waals surface area contributed by atoms with E-state index >= 15 is 0 Å².